The van der Waals surface area contributed by atoms with Crippen LogP contribution in [0.3, 0.4) is 0 Å². The van der Waals surface area contributed by atoms with Gasteiger partial charge in [0.05, 0.1) is 6.61 Å². The Morgan fingerprint density at radius 2 is 2.19 bits per heavy atom. The fraction of sp³-hybridized carbons (Fsp3) is 0.917. The molecule has 4 heteroatoms. The molecule has 0 spiro atoms. The Labute approximate surface area is 96.9 Å². The van der Waals surface area contributed by atoms with Gasteiger partial charge >= 0.3 is 5.97 Å². The van der Waals surface area contributed by atoms with Gasteiger partial charge in [0.25, 0.3) is 0 Å². The van der Waals surface area contributed by atoms with Gasteiger partial charge in [-0.05, 0) is 31.6 Å². The monoisotopic (exact) mass is 230 g/mol. The zero-order valence-electron chi connectivity index (χ0n) is 10.2. The molecule has 16 heavy (non-hydrogen) atoms. The number of aliphatic carboxylic acids is 1. The Morgan fingerprint density at radius 3 is 2.75 bits per heavy atom. The van der Waals surface area contributed by atoms with Gasteiger partial charge in [0.1, 0.15) is 0 Å². The second kappa shape index (κ2) is 6.21. The summed E-state index contributed by atoms with van der Waals surface area (Å²) in [4.78, 5) is 11.4. The van der Waals surface area contributed by atoms with Crippen molar-refractivity contribution in [3.63, 3.8) is 0 Å². The first-order chi connectivity index (χ1) is 7.63. The van der Waals surface area contributed by atoms with Crippen LogP contribution in [-0.2, 0) is 14.3 Å². The minimum atomic E-state index is -0.952. The van der Waals surface area contributed by atoms with E-state index in [-0.39, 0.29) is 5.92 Å². The Kier molecular flexibility index (Phi) is 5.22. The maximum absolute atomic E-state index is 11.4. The standard InChI is InChI=1S/C12H22O4/c1-10-6-3-4-7-12(10,11(13)14)16-9-5-8-15-2/h10H,3-9H2,1-2H3,(H,13,14). The maximum Gasteiger partial charge on any atom is 0.336 e. The number of hydrogen-bond acceptors (Lipinski definition) is 3. The van der Waals surface area contributed by atoms with E-state index in [1.807, 2.05) is 6.92 Å². The van der Waals surface area contributed by atoms with Crippen molar-refractivity contribution in [1.82, 2.24) is 0 Å². The van der Waals surface area contributed by atoms with Gasteiger partial charge in [-0.3, -0.25) is 0 Å². The molecule has 0 aromatic heterocycles. The molecular formula is C12H22O4. The molecule has 94 valence electrons. The molecule has 1 saturated carbocycles. The van der Waals surface area contributed by atoms with Gasteiger partial charge < -0.3 is 14.6 Å². The second-order valence-corrected chi connectivity index (χ2v) is 4.54. The van der Waals surface area contributed by atoms with E-state index in [0.717, 1.165) is 25.7 Å². The molecule has 1 rings (SSSR count). The largest absolute Gasteiger partial charge is 0.479 e. The molecule has 0 aromatic carbocycles. The van der Waals surface area contributed by atoms with Crippen molar-refractivity contribution in [3.05, 3.63) is 0 Å². The molecule has 2 unspecified atom stereocenters. The lowest BCUT2D eigenvalue weighted by Gasteiger charge is -2.38. The normalized spacial score (nSPS) is 30.2. The van der Waals surface area contributed by atoms with Crippen molar-refractivity contribution in [1.29, 1.82) is 0 Å². The van der Waals surface area contributed by atoms with Crippen molar-refractivity contribution in [2.45, 2.75) is 44.6 Å². The first-order valence-electron chi connectivity index (χ1n) is 6.00. The number of rotatable bonds is 6. The smallest absolute Gasteiger partial charge is 0.336 e. The van der Waals surface area contributed by atoms with E-state index in [0.29, 0.717) is 19.6 Å². The number of carboxylic acid groups (broad SMARTS) is 1. The number of hydrogen-bond donors (Lipinski definition) is 1. The van der Waals surface area contributed by atoms with Crippen LogP contribution in [0, 0.1) is 5.92 Å². The molecule has 1 fully saturated rings. The summed E-state index contributed by atoms with van der Waals surface area (Å²) >= 11 is 0. The summed E-state index contributed by atoms with van der Waals surface area (Å²) in [6, 6.07) is 0. The molecule has 1 aliphatic carbocycles. The van der Waals surface area contributed by atoms with Crippen molar-refractivity contribution in [2.24, 2.45) is 5.92 Å². The SMILES string of the molecule is COCCCOC1(C(=O)O)CCCCC1C. The average molecular weight is 230 g/mol. The van der Waals surface area contributed by atoms with Crippen LogP contribution >= 0.6 is 0 Å². The van der Waals surface area contributed by atoms with E-state index < -0.39 is 11.6 Å². The van der Waals surface area contributed by atoms with Crippen molar-refractivity contribution >= 4 is 5.97 Å². The summed E-state index contributed by atoms with van der Waals surface area (Å²) in [5, 5.41) is 9.36. The third kappa shape index (κ3) is 2.95. The molecule has 1 N–H and O–H groups in total. The quantitative estimate of drug-likeness (QED) is 0.710. The van der Waals surface area contributed by atoms with Crippen LogP contribution in [-0.4, -0.2) is 37.0 Å². The van der Waals surface area contributed by atoms with E-state index in [1.165, 1.54) is 0 Å². The highest BCUT2D eigenvalue weighted by Crippen LogP contribution is 2.37. The molecule has 0 amide bonds. The third-order valence-electron chi connectivity index (χ3n) is 3.45. The minimum Gasteiger partial charge on any atom is -0.479 e. The van der Waals surface area contributed by atoms with Gasteiger partial charge in [0.15, 0.2) is 5.60 Å². The molecule has 2 atom stereocenters. The summed E-state index contributed by atoms with van der Waals surface area (Å²) in [6.45, 7) is 3.05. The Bertz CT molecular complexity index is 229. The molecule has 0 aliphatic heterocycles. The maximum atomic E-state index is 11.4. The van der Waals surface area contributed by atoms with E-state index in [2.05, 4.69) is 0 Å². The number of methoxy groups -OCH3 is 1. The van der Waals surface area contributed by atoms with Crippen LogP contribution in [0.5, 0.6) is 0 Å². The lowest BCUT2D eigenvalue weighted by molar-refractivity contribution is -0.179. The Hall–Kier alpha value is -0.610. The Morgan fingerprint density at radius 1 is 1.44 bits per heavy atom. The molecule has 0 saturated heterocycles. The predicted octanol–water partition coefficient (Wildman–Crippen LogP) is 2.07. The highest BCUT2D eigenvalue weighted by Gasteiger charge is 2.46. The van der Waals surface area contributed by atoms with Crippen LogP contribution < -0.4 is 0 Å². The van der Waals surface area contributed by atoms with Gasteiger partial charge in [-0.15, -0.1) is 0 Å². The van der Waals surface area contributed by atoms with Crippen molar-refractivity contribution in [2.75, 3.05) is 20.3 Å². The highest BCUT2D eigenvalue weighted by atomic mass is 16.5. The fourth-order valence-electron chi connectivity index (χ4n) is 2.37. The van der Waals surface area contributed by atoms with E-state index in [9.17, 15) is 9.90 Å². The highest BCUT2D eigenvalue weighted by molar-refractivity contribution is 5.78. The summed E-state index contributed by atoms with van der Waals surface area (Å²) in [7, 11) is 1.64. The van der Waals surface area contributed by atoms with Crippen molar-refractivity contribution in [3.8, 4) is 0 Å². The van der Waals surface area contributed by atoms with Crippen molar-refractivity contribution < 1.29 is 19.4 Å². The average Bonchev–Trinajstić information content (AvgIpc) is 2.26. The van der Waals surface area contributed by atoms with Crippen LogP contribution in [0.25, 0.3) is 0 Å². The van der Waals surface area contributed by atoms with E-state index >= 15 is 0 Å². The lowest BCUT2D eigenvalue weighted by Crippen LogP contribution is -2.49. The zero-order chi connectivity index (χ0) is 12.0. The number of ether oxygens (including phenoxy) is 2. The lowest BCUT2D eigenvalue weighted by atomic mass is 9.76. The predicted molar refractivity (Wildman–Crippen MR) is 60.4 cm³/mol. The molecule has 1 aliphatic rings. The number of carboxylic acids is 1. The molecular weight excluding hydrogens is 208 g/mol. The topological polar surface area (TPSA) is 55.8 Å². The molecule has 0 aromatic rings. The van der Waals surface area contributed by atoms with E-state index in [1.54, 1.807) is 7.11 Å². The summed E-state index contributed by atoms with van der Waals surface area (Å²) in [5.74, 6) is -0.710. The summed E-state index contributed by atoms with van der Waals surface area (Å²) < 4.78 is 10.6. The molecule has 0 heterocycles. The second-order valence-electron chi connectivity index (χ2n) is 4.54. The first kappa shape index (κ1) is 13.5. The molecule has 0 radical (unpaired) electrons. The fourth-order valence-corrected chi connectivity index (χ4v) is 2.37. The van der Waals surface area contributed by atoms with Gasteiger partial charge in [-0.1, -0.05) is 13.3 Å². The van der Waals surface area contributed by atoms with Crippen LogP contribution in [0.4, 0.5) is 0 Å². The number of carbonyl (C=O) groups is 1. The Balaban J connectivity index is 2.54. The van der Waals surface area contributed by atoms with Gasteiger partial charge in [-0.2, -0.15) is 0 Å². The van der Waals surface area contributed by atoms with Gasteiger partial charge in [0, 0.05) is 13.7 Å². The summed E-state index contributed by atoms with van der Waals surface area (Å²) in [6.07, 6.45) is 4.38. The van der Waals surface area contributed by atoms with Gasteiger partial charge in [0.2, 0.25) is 0 Å². The first-order valence-corrected chi connectivity index (χ1v) is 6.00. The summed E-state index contributed by atoms with van der Waals surface area (Å²) in [5.41, 5.74) is -0.952. The molecule has 4 nitrogen and oxygen atoms in total. The van der Waals surface area contributed by atoms with Crippen LogP contribution in [0.2, 0.25) is 0 Å². The molecule has 0 bridgehead atoms. The van der Waals surface area contributed by atoms with Crippen LogP contribution in [0.1, 0.15) is 39.0 Å². The van der Waals surface area contributed by atoms with E-state index in [4.69, 9.17) is 9.47 Å². The van der Waals surface area contributed by atoms with Gasteiger partial charge in [-0.25, -0.2) is 4.79 Å². The minimum absolute atomic E-state index is 0.0984. The van der Waals surface area contributed by atoms with Crippen LogP contribution in [0.15, 0.2) is 0 Å². The third-order valence-corrected chi connectivity index (χ3v) is 3.45. The zero-order valence-corrected chi connectivity index (χ0v) is 10.2.